The van der Waals surface area contributed by atoms with Crippen LogP contribution >= 0.6 is 12.6 Å². The van der Waals surface area contributed by atoms with Crippen LogP contribution in [0.1, 0.15) is 11.3 Å². The van der Waals surface area contributed by atoms with Crippen LogP contribution in [0.25, 0.3) is 0 Å². The number of nitrogens with one attached hydrogen (secondary N) is 1. The first kappa shape index (κ1) is 22.6. The van der Waals surface area contributed by atoms with Crippen LogP contribution in [-0.4, -0.2) is 51.8 Å². The molecule has 0 aliphatic rings. The Morgan fingerprint density at radius 1 is 0.966 bits per heavy atom. The Balaban J connectivity index is 1.85. The lowest BCUT2D eigenvalue weighted by Gasteiger charge is -2.13. The van der Waals surface area contributed by atoms with Crippen molar-refractivity contribution in [1.82, 2.24) is 9.97 Å². The quantitative estimate of drug-likeness (QED) is 0.148. The summed E-state index contributed by atoms with van der Waals surface area (Å²) in [6.07, 6.45) is 3.46. The minimum Gasteiger partial charge on any atom is -0.425 e. The number of H-pyrrole nitrogens is 1. The summed E-state index contributed by atoms with van der Waals surface area (Å²) in [5, 5.41) is 0. The van der Waals surface area contributed by atoms with Crippen LogP contribution in [0.4, 0.5) is 0 Å². The second-order valence-electron chi connectivity index (χ2n) is 6.29. The molecule has 1 aromatic heterocycles. The molecular formula is C18H23N5O5S. The lowest BCUT2D eigenvalue weighted by molar-refractivity contribution is -0.161. The molecule has 0 unspecified atom stereocenters. The van der Waals surface area contributed by atoms with Crippen molar-refractivity contribution in [2.45, 2.75) is 31.0 Å². The fourth-order valence-corrected chi connectivity index (χ4v) is 2.41. The summed E-state index contributed by atoms with van der Waals surface area (Å²) in [7, 11) is 0. The third-order valence-corrected chi connectivity index (χ3v) is 4.29. The standard InChI is InChI=1S/C18H23N5O5S/c19-13(17(25)28-18(26)15(21)8-29)5-10-1-3-12(4-2-10)27-16(24)14(20)6-11-7-22-9-23-11/h1-4,7,9,13-15,29H,5-6,8,19-21H2,(H,22,23)/t13-,14-,15-/m0/s1. The highest BCUT2D eigenvalue weighted by Crippen LogP contribution is 2.14. The SMILES string of the molecule is N[C@@H](CS)C(=O)OC(=O)[C@@H](N)Cc1ccc(OC(=O)[C@@H](N)Cc2cnc[nH]2)cc1. The number of hydrogen-bond donors (Lipinski definition) is 5. The van der Waals surface area contributed by atoms with Gasteiger partial charge in [0.2, 0.25) is 0 Å². The first-order valence-corrected chi connectivity index (χ1v) is 9.34. The Labute approximate surface area is 172 Å². The zero-order valence-corrected chi connectivity index (χ0v) is 16.4. The summed E-state index contributed by atoms with van der Waals surface area (Å²) in [6.45, 7) is 0. The maximum absolute atomic E-state index is 12.1. The van der Waals surface area contributed by atoms with E-state index in [-0.39, 0.29) is 18.6 Å². The number of imidazole rings is 1. The highest BCUT2D eigenvalue weighted by Gasteiger charge is 2.23. The van der Waals surface area contributed by atoms with Gasteiger partial charge in [-0.1, -0.05) is 12.1 Å². The molecule has 29 heavy (non-hydrogen) atoms. The predicted molar refractivity (Wildman–Crippen MR) is 107 cm³/mol. The summed E-state index contributed by atoms with van der Waals surface area (Å²) in [4.78, 5) is 42.1. The third kappa shape index (κ3) is 6.98. The molecule has 0 fully saturated rings. The van der Waals surface area contributed by atoms with Gasteiger partial charge in [0, 0.05) is 24.1 Å². The molecule has 0 aliphatic carbocycles. The van der Waals surface area contributed by atoms with Gasteiger partial charge >= 0.3 is 17.9 Å². The number of carbonyl (C=O) groups is 3. The van der Waals surface area contributed by atoms with E-state index in [4.69, 9.17) is 21.9 Å². The topological polar surface area (TPSA) is 176 Å². The number of benzene rings is 1. The third-order valence-electron chi connectivity index (χ3n) is 3.90. The smallest absolute Gasteiger partial charge is 0.331 e. The molecule has 0 saturated carbocycles. The largest absolute Gasteiger partial charge is 0.425 e. The van der Waals surface area contributed by atoms with Crippen molar-refractivity contribution in [2.24, 2.45) is 17.2 Å². The van der Waals surface area contributed by atoms with E-state index in [1.54, 1.807) is 30.5 Å². The first-order valence-electron chi connectivity index (χ1n) is 8.71. The molecule has 0 spiro atoms. The summed E-state index contributed by atoms with van der Waals surface area (Å²) < 4.78 is 9.85. The first-order chi connectivity index (χ1) is 13.8. The van der Waals surface area contributed by atoms with E-state index >= 15 is 0 Å². The molecule has 7 N–H and O–H groups in total. The van der Waals surface area contributed by atoms with Crippen molar-refractivity contribution in [1.29, 1.82) is 0 Å². The number of thiol groups is 1. The number of nitrogens with two attached hydrogens (primary N) is 3. The van der Waals surface area contributed by atoms with Gasteiger partial charge in [-0.15, -0.1) is 0 Å². The lowest BCUT2D eigenvalue weighted by atomic mass is 10.1. The molecule has 0 radical (unpaired) electrons. The van der Waals surface area contributed by atoms with Gasteiger partial charge in [-0.05, 0) is 24.1 Å². The molecule has 10 nitrogen and oxygen atoms in total. The highest BCUT2D eigenvalue weighted by atomic mass is 32.1. The fraction of sp³-hybridized carbons (Fsp3) is 0.333. The minimum absolute atomic E-state index is 0.0487. The van der Waals surface area contributed by atoms with Gasteiger partial charge in [0.15, 0.2) is 0 Å². The number of hydrogen-bond acceptors (Lipinski definition) is 10. The van der Waals surface area contributed by atoms with Crippen LogP contribution in [0.15, 0.2) is 36.8 Å². The van der Waals surface area contributed by atoms with Gasteiger partial charge < -0.3 is 31.7 Å². The average molecular weight is 421 g/mol. The molecule has 156 valence electrons. The molecule has 2 aromatic rings. The second kappa shape index (κ2) is 10.7. The summed E-state index contributed by atoms with van der Waals surface area (Å²) in [6, 6.07) is 3.48. The molecule has 0 amide bonds. The van der Waals surface area contributed by atoms with Crippen molar-refractivity contribution in [3.8, 4) is 5.75 Å². The van der Waals surface area contributed by atoms with E-state index in [2.05, 4.69) is 27.3 Å². The van der Waals surface area contributed by atoms with Crippen LogP contribution in [0, 0.1) is 0 Å². The normalized spacial score (nSPS) is 13.9. The molecule has 0 saturated heterocycles. The van der Waals surface area contributed by atoms with E-state index in [9.17, 15) is 14.4 Å². The molecule has 2 rings (SSSR count). The Morgan fingerprint density at radius 3 is 2.17 bits per heavy atom. The van der Waals surface area contributed by atoms with Crippen LogP contribution in [0.3, 0.4) is 0 Å². The summed E-state index contributed by atoms with van der Waals surface area (Å²) >= 11 is 3.86. The van der Waals surface area contributed by atoms with Gasteiger partial charge in [-0.25, -0.2) is 19.4 Å². The Morgan fingerprint density at radius 2 is 1.59 bits per heavy atom. The lowest BCUT2D eigenvalue weighted by Crippen LogP contribution is -2.41. The van der Waals surface area contributed by atoms with Crippen molar-refractivity contribution in [3.05, 3.63) is 48.0 Å². The zero-order chi connectivity index (χ0) is 21.4. The van der Waals surface area contributed by atoms with Gasteiger partial charge in [0.05, 0.1) is 6.33 Å². The minimum atomic E-state index is -1.05. The van der Waals surface area contributed by atoms with E-state index in [0.717, 1.165) is 5.69 Å². The molecule has 3 atom stereocenters. The highest BCUT2D eigenvalue weighted by molar-refractivity contribution is 7.80. The average Bonchev–Trinajstić information content (AvgIpc) is 3.21. The van der Waals surface area contributed by atoms with Crippen molar-refractivity contribution >= 4 is 30.5 Å². The number of aromatic amines is 1. The number of ether oxygens (including phenoxy) is 2. The van der Waals surface area contributed by atoms with Crippen LogP contribution in [-0.2, 0) is 32.0 Å². The van der Waals surface area contributed by atoms with Crippen LogP contribution in [0.5, 0.6) is 5.75 Å². The van der Waals surface area contributed by atoms with Gasteiger partial charge in [0.1, 0.15) is 23.9 Å². The van der Waals surface area contributed by atoms with Gasteiger partial charge in [-0.2, -0.15) is 12.6 Å². The van der Waals surface area contributed by atoms with Gasteiger partial charge in [-0.3, -0.25) is 0 Å². The van der Waals surface area contributed by atoms with Crippen LogP contribution in [0.2, 0.25) is 0 Å². The number of esters is 3. The van der Waals surface area contributed by atoms with Gasteiger partial charge in [0.25, 0.3) is 0 Å². The molecule has 11 heteroatoms. The molecule has 1 aromatic carbocycles. The molecule has 0 aliphatic heterocycles. The Kier molecular flexibility index (Phi) is 8.34. The maximum atomic E-state index is 12.1. The Bertz CT molecular complexity index is 828. The van der Waals surface area contributed by atoms with Crippen molar-refractivity contribution < 1.29 is 23.9 Å². The maximum Gasteiger partial charge on any atom is 0.331 e. The molecule has 1 heterocycles. The summed E-state index contributed by atoms with van der Waals surface area (Å²) in [5.41, 5.74) is 18.4. The van der Waals surface area contributed by atoms with Crippen molar-refractivity contribution in [2.75, 3.05) is 5.75 Å². The molecular weight excluding hydrogens is 398 g/mol. The van der Waals surface area contributed by atoms with Crippen LogP contribution < -0.4 is 21.9 Å². The summed E-state index contributed by atoms with van der Waals surface area (Å²) in [5.74, 6) is -2.01. The Hall–Kier alpha value is -2.73. The number of rotatable bonds is 9. The van der Waals surface area contributed by atoms with E-state index in [0.29, 0.717) is 11.3 Å². The predicted octanol–water partition coefficient (Wildman–Crippen LogP) is -0.918. The number of aromatic nitrogens is 2. The zero-order valence-electron chi connectivity index (χ0n) is 15.5. The second-order valence-corrected chi connectivity index (χ2v) is 6.66. The fourth-order valence-electron chi connectivity index (χ4n) is 2.26. The number of nitrogens with zero attached hydrogens (tertiary/aromatic N) is 1. The number of carbonyl (C=O) groups excluding carboxylic acids is 3. The van der Waals surface area contributed by atoms with E-state index < -0.39 is 36.0 Å². The van der Waals surface area contributed by atoms with E-state index in [1.165, 1.54) is 6.33 Å². The van der Waals surface area contributed by atoms with Crippen molar-refractivity contribution in [3.63, 3.8) is 0 Å². The molecule has 0 bridgehead atoms. The van der Waals surface area contributed by atoms with E-state index in [1.807, 2.05) is 0 Å². The monoisotopic (exact) mass is 421 g/mol.